The van der Waals surface area contributed by atoms with Gasteiger partial charge in [-0.05, 0) is 44.0 Å². The third kappa shape index (κ3) is 3.47. The predicted octanol–water partition coefficient (Wildman–Crippen LogP) is 3.33. The summed E-state index contributed by atoms with van der Waals surface area (Å²) in [7, 11) is 3.00. The van der Waals surface area contributed by atoms with E-state index in [0.717, 1.165) is 19.8 Å². The summed E-state index contributed by atoms with van der Waals surface area (Å²) in [6.07, 6.45) is 1.86. The van der Waals surface area contributed by atoms with E-state index in [-0.39, 0.29) is 18.3 Å². The zero-order chi connectivity index (χ0) is 15.6. The summed E-state index contributed by atoms with van der Waals surface area (Å²) < 4.78 is 6.36. The molecular weight excluding hydrogens is 404 g/mol. The van der Waals surface area contributed by atoms with Crippen molar-refractivity contribution >= 4 is 54.6 Å². The molecule has 1 aromatic carbocycles. The highest BCUT2D eigenvalue weighted by Gasteiger charge is 2.18. The molecule has 0 bridgehead atoms. The summed E-state index contributed by atoms with van der Waals surface area (Å²) in [5.41, 5.74) is 1.44. The van der Waals surface area contributed by atoms with E-state index in [2.05, 4.69) is 41.6 Å². The molecule has 1 heterocycles. The first kappa shape index (κ1) is 16.0. The highest BCUT2D eigenvalue weighted by atomic mass is 79.9. The summed E-state index contributed by atoms with van der Waals surface area (Å²) in [6.45, 7) is 0.315. The number of hydrogen-bond donors (Lipinski definition) is 1. The van der Waals surface area contributed by atoms with Gasteiger partial charge < -0.3 is 14.6 Å². The molecule has 2 rings (SSSR count). The van der Waals surface area contributed by atoms with Crippen molar-refractivity contribution in [1.29, 1.82) is 0 Å². The fraction of sp³-hybridized carbons (Fsp3) is 0.286. The molecule has 0 spiro atoms. The van der Waals surface area contributed by atoms with E-state index in [9.17, 15) is 9.59 Å². The number of esters is 1. The normalized spacial score (nSPS) is 10.7. The van der Waals surface area contributed by atoms with Crippen LogP contribution < -0.4 is 0 Å². The lowest BCUT2D eigenvalue weighted by Gasteiger charge is -2.16. The molecule has 0 fully saturated rings. The van der Waals surface area contributed by atoms with Crippen LogP contribution in [-0.2, 0) is 9.53 Å². The Balaban J connectivity index is 2.23. The number of methoxy groups -OCH3 is 1. The van der Waals surface area contributed by atoms with Crippen molar-refractivity contribution in [1.82, 2.24) is 9.88 Å². The second-order valence-electron chi connectivity index (χ2n) is 4.57. The SMILES string of the molecule is COC(=O)CCN(C)C(=O)c1c[nH]c2cc(Br)c(Br)cc12. The number of carbonyl (C=O) groups is 2. The van der Waals surface area contributed by atoms with Crippen LogP contribution >= 0.6 is 31.9 Å². The molecule has 1 N–H and O–H groups in total. The van der Waals surface area contributed by atoms with Crippen LogP contribution in [0.5, 0.6) is 0 Å². The molecule has 112 valence electrons. The van der Waals surface area contributed by atoms with Gasteiger partial charge in [0.15, 0.2) is 0 Å². The number of amides is 1. The summed E-state index contributed by atoms with van der Waals surface area (Å²) >= 11 is 6.86. The van der Waals surface area contributed by atoms with Gasteiger partial charge in [-0.25, -0.2) is 0 Å². The van der Waals surface area contributed by atoms with Gasteiger partial charge in [0, 0.05) is 39.6 Å². The Hall–Kier alpha value is -1.34. The van der Waals surface area contributed by atoms with Gasteiger partial charge in [-0.15, -0.1) is 0 Å². The van der Waals surface area contributed by atoms with Gasteiger partial charge in [0.1, 0.15) is 0 Å². The van der Waals surface area contributed by atoms with E-state index >= 15 is 0 Å². The summed E-state index contributed by atoms with van der Waals surface area (Å²) in [6, 6.07) is 3.79. The van der Waals surface area contributed by atoms with Crippen molar-refractivity contribution in [3.05, 3.63) is 32.8 Å². The van der Waals surface area contributed by atoms with Crippen LogP contribution in [0.1, 0.15) is 16.8 Å². The number of benzene rings is 1. The number of hydrogen-bond acceptors (Lipinski definition) is 3. The zero-order valence-corrected chi connectivity index (χ0v) is 14.7. The first-order chi connectivity index (χ1) is 9.93. The van der Waals surface area contributed by atoms with Crippen molar-refractivity contribution in [2.24, 2.45) is 0 Å². The third-order valence-corrected chi connectivity index (χ3v) is 5.02. The molecular formula is C14H14Br2N2O3. The molecule has 21 heavy (non-hydrogen) atoms. The van der Waals surface area contributed by atoms with Crippen molar-refractivity contribution < 1.29 is 14.3 Å². The molecule has 0 unspecified atom stereocenters. The minimum Gasteiger partial charge on any atom is -0.469 e. The van der Waals surface area contributed by atoms with Crippen molar-refractivity contribution in [2.45, 2.75) is 6.42 Å². The number of aromatic nitrogens is 1. The molecule has 0 saturated carbocycles. The van der Waals surface area contributed by atoms with Crippen LogP contribution in [0, 0.1) is 0 Å². The smallest absolute Gasteiger partial charge is 0.307 e. The third-order valence-electron chi connectivity index (χ3n) is 3.18. The molecule has 0 radical (unpaired) electrons. The summed E-state index contributed by atoms with van der Waals surface area (Å²) in [5.74, 6) is -0.473. The highest BCUT2D eigenvalue weighted by Crippen LogP contribution is 2.30. The molecule has 5 nitrogen and oxygen atoms in total. The minimum absolute atomic E-state index is 0.139. The monoisotopic (exact) mass is 416 g/mol. The van der Waals surface area contributed by atoms with Crippen LogP contribution in [0.15, 0.2) is 27.3 Å². The molecule has 7 heteroatoms. The van der Waals surface area contributed by atoms with Crippen LogP contribution in [0.4, 0.5) is 0 Å². The van der Waals surface area contributed by atoms with Gasteiger partial charge in [-0.2, -0.15) is 0 Å². The quantitative estimate of drug-likeness (QED) is 0.776. The highest BCUT2D eigenvalue weighted by molar-refractivity contribution is 9.13. The molecule has 0 atom stereocenters. The molecule has 0 aliphatic carbocycles. The standard InChI is InChI=1S/C14H14Br2N2O3/c1-18(4-3-13(19)21-2)14(20)9-7-17-12-6-11(16)10(15)5-8(9)12/h5-7,17H,3-4H2,1-2H3. The van der Waals surface area contributed by atoms with E-state index in [1.54, 1.807) is 13.2 Å². The summed E-state index contributed by atoms with van der Waals surface area (Å²) in [5, 5.41) is 0.833. The summed E-state index contributed by atoms with van der Waals surface area (Å²) in [4.78, 5) is 28.2. The fourth-order valence-corrected chi connectivity index (χ4v) is 2.65. The number of rotatable bonds is 4. The Morgan fingerprint density at radius 1 is 1.29 bits per heavy atom. The minimum atomic E-state index is -0.333. The van der Waals surface area contributed by atoms with Gasteiger partial charge in [-0.1, -0.05) is 0 Å². The molecule has 0 aliphatic heterocycles. The second kappa shape index (κ2) is 6.62. The van der Waals surface area contributed by atoms with E-state index in [4.69, 9.17) is 0 Å². The Bertz CT molecular complexity index is 697. The van der Waals surface area contributed by atoms with E-state index in [1.807, 2.05) is 12.1 Å². The average Bonchev–Trinajstić information content (AvgIpc) is 2.86. The van der Waals surface area contributed by atoms with E-state index < -0.39 is 0 Å². The van der Waals surface area contributed by atoms with Crippen molar-refractivity contribution in [2.75, 3.05) is 20.7 Å². The van der Waals surface area contributed by atoms with Crippen molar-refractivity contribution in [3.63, 3.8) is 0 Å². The number of carbonyl (C=O) groups excluding carboxylic acids is 2. The average molecular weight is 418 g/mol. The Kier molecular flexibility index (Phi) is 5.05. The van der Waals surface area contributed by atoms with Gasteiger partial charge in [-0.3, -0.25) is 9.59 Å². The number of H-pyrrole nitrogens is 1. The second-order valence-corrected chi connectivity index (χ2v) is 6.28. The lowest BCUT2D eigenvalue weighted by molar-refractivity contribution is -0.140. The number of aromatic amines is 1. The molecule has 2 aromatic rings. The number of halogens is 2. The first-order valence-electron chi connectivity index (χ1n) is 6.22. The Morgan fingerprint density at radius 2 is 1.95 bits per heavy atom. The first-order valence-corrected chi connectivity index (χ1v) is 7.81. The Labute approximate surface area is 138 Å². The zero-order valence-electron chi connectivity index (χ0n) is 11.6. The lowest BCUT2D eigenvalue weighted by Crippen LogP contribution is -2.29. The number of fused-ring (bicyclic) bond motifs is 1. The van der Waals surface area contributed by atoms with Gasteiger partial charge in [0.2, 0.25) is 0 Å². The maximum atomic E-state index is 12.4. The fourth-order valence-electron chi connectivity index (χ4n) is 1.96. The van der Waals surface area contributed by atoms with Gasteiger partial charge >= 0.3 is 5.97 Å². The van der Waals surface area contributed by atoms with Crippen LogP contribution in [0.3, 0.4) is 0 Å². The molecule has 1 aromatic heterocycles. The Morgan fingerprint density at radius 3 is 2.62 bits per heavy atom. The van der Waals surface area contributed by atoms with E-state index in [1.165, 1.54) is 12.0 Å². The topological polar surface area (TPSA) is 62.4 Å². The van der Waals surface area contributed by atoms with Gasteiger partial charge in [0.05, 0.1) is 19.1 Å². The van der Waals surface area contributed by atoms with Crippen LogP contribution in [0.25, 0.3) is 10.9 Å². The number of nitrogens with zero attached hydrogens (tertiary/aromatic N) is 1. The van der Waals surface area contributed by atoms with Crippen molar-refractivity contribution in [3.8, 4) is 0 Å². The number of nitrogens with one attached hydrogen (secondary N) is 1. The van der Waals surface area contributed by atoms with E-state index in [0.29, 0.717) is 12.1 Å². The predicted molar refractivity (Wildman–Crippen MR) is 87.3 cm³/mol. The molecule has 0 aliphatic rings. The number of ether oxygens (including phenoxy) is 1. The maximum Gasteiger partial charge on any atom is 0.307 e. The molecule has 1 amide bonds. The van der Waals surface area contributed by atoms with Gasteiger partial charge in [0.25, 0.3) is 5.91 Å². The molecule has 0 saturated heterocycles. The van der Waals surface area contributed by atoms with Crippen LogP contribution in [-0.4, -0.2) is 42.5 Å². The largest absolute Gasteiger partial charge is 0.469 e. The maximum absolute atomic E-state index is 12.4. The van der Waals surface area contributed by atoms with Crippen LogP contribution in [0.2, 0.25) is 0 Å². The lowest BCUT2D eigenvalue weighted by atomic mass is 10.1.